The molecule has 0 aliphatic carbocycles. The lowest BCUT2D eigenvalue weighted by atomic mass is 10.2. The van der Waals surface area contributed by atoms with Gasteiger partial charge >= 0.3 is 5.69 Å². The molecule has 2 aromatic heterocycles. The van der Waals surface area contributed by atoms with E-state index >= 15 is 0 Å². The molecule has 0 bridgehead atoms. The summed E-state index contributed by atoms with van der Waals surface area (Å²) >= 11 is 3.29. The summed E-state index contributed by atoms with van der Waals surface area (Å²) < 4.78 is 11.4. The Kier molecular flexibility index (Phi) is 4.89. The predicted octanol–water partition coefficient (Wildman–Crippen LogP) is 3.63. The maximum Gasteiger partial charge on any atom is 0.353 e. The van der Waals surface area contributed by atoms with Crippen LogP contribution in [0.25, 0.3) is 0 Å². The maximum atomic E-state index is 11.6. The zero-order valence-electron chi connectivity index (χ0n) is 14.3. The molecular weight excluding hydrogens is 432 g/mol. The quantitative estimate of drug-likeness (QED) is 0.432. The molecular formula is C17H13BrN6O4. The van der Waals surface area contributed by atoms with Crippen molar-refractivity contribution in [2.75, 3.05) is 17.4 Å². The minimum Gasteiger partial charge on any atom is -0.454 e. The molecule has 3 heterocycles. The lowest BCUT2D eigenvalue weighted by Gasteiger charge is -2.10. The topological polar surface area (TPSA) is 124 Å². The molecule has 3 aromatic rings. The summed E-state index contributed by atoms with van der Waals surface area (Å²) in [6, 6.07) is 8.89. The molecule has 0 spiro atoms. The van der Waals surface area contributed by atoms with E-state index in [9.17, 15) is 10.1 Å². The van der Waals surface area contributed by atoms with Crippen LogP contribution >= 0.6 is 15.9 Å². The molecule has 1 aliphatic rings. The number of nitro groups is 1. The lowest BCUT2D eigenvalue weighted by Crippen LogP contribution is -2.08. The van der Waals surface area contributed by atoms with Crippen LogP contribution in [0, 0.1) is 10.1 Å². The third kappa shape index (κ3) is 3.78. The zero-order valence-corrected chi connectivity index (χ0v) is 15.8. The van der Waals surface area contributed by atoms with Gasteiger partial charge in [-0.05, 0) is 45.8 Å². The average molecular weight is 445 g/mol. The smallest absolute Gasteiger partial charge is 0.353 e. The minimum atomic E-state index is -0.539. The molecule has 2 N–H and O–H groups in total. The van der Waals surface area contributed by atoms with Gasteiger partial charge in [0.2, 0.25) is 18.4 Å². The molecule has 0 atom stereocenters. The predicted molar refractivity (Wildman–Crippen MR) is 104 cm³/mol. The molecule has 4 rings (SSSR count). The second-order valence-corrected chi connectivity index (χ2v) is 6.62. The standard InChI is InChI=1S/C17H13BrN6O4/c18-11-2-4-14(19-7-11)23-17-15(24(25)26)16(21-8-22-17)20-6-10-1-3-12-13(5-10)28-9-27-12/h1-5,7-8H,6,9H2,(H2,19,20,21,22,23). The number of benzene rings is 1. The van der Waals surface area contributed by atoms with Gasteiger partial charge in [0.25, 0.3) is 0 Å². The van der Waals surface area contributed by atoms with Crippen LogP contribution in [0.3, 0.4) is 0 Å². The number of pyridine rings is 1. The largest absolute Gasteiger partial charge is 0.454 e. The first-order valence-electron chi connectivity index (χ1n) is 8.10. The molecule has 11 heteroatoms. The van der Waals surface area contributed by atoms with Crippen LogP contribution in [0.1, 0.15) is 5.56 Å². The third-order valence-corrected chi connectivity index (χ3v) is 4.34. The van der Waals surface area contributed by atoms with E-state index in [1.165, 1.54) is 6.33 Å². The molecule has 10 nitrogen and oxygen atoms in total. The van der Waals surface area contributed by atoms with Crippen LogP contribution in [0.15, 0.2) is 47.3 Å². The number of rotatable bonds is 6. The molecule has 0 fully saturated rings. The summed E-state index contributed by atoms with van der Waals surface area (Å²) in [5.74, 6) is 1.87. The highest BCUT2D eigenvalue weighted by atomic mass is 79.9. The molecule has 0 saturated carbocycles. The fraction of sp³-hybridized carbons (Fsp3) is 0.118. The van der Waals surface area contributed by atoms with Crippen LogP contribution in [-0.2, 0) is 6.54 Å². The summed E-state index contributed by atoms with van der Waals surface area (Å²) in [7, 11) is 0. The van der Waals surface area contributed by atoms with Crippen molar-refractivity contribution < 1.29 is 14.4 Å². The monoisotopic (exact) mass is 444 g/mol. The number of nitrogens with zero attached hydrogens (tertiary/aromatic N) is 4. The van der Waals surface area contributed by atoms with Crippen molar-refractivity contribution >= 4 is 39.1 Å². The molecule has 0 unspecified atom stereocenters. The molecule has 0 saturated heterocycles. The minimum absolute atomic E-state index is 0.0445. The van der Waals surface area contributed by atoms with Gasteiger partial charge in [0.1, 0.15) is 12.1 Å². The summed E-state index contributed by atoms with van der Waals surface area (Å²) in [5.41, 5.74) is 0.592. The van der Waals surface area contributed by atoms with Crippen LogP contribution in [0.4, 0.5) is 23.1 Å². The van der Waals surface area contributed by atoms with Gasteiger partial charge < -0.3 is 20.1 Å². The first-order valence-corrected chi connectivity index (χ1v) is 8.90. The van der Waals surface area contributed by atoms with Gasteiger partial charge in [-0.25, -0.2) is 15.0 Å². The van der Waals surface area contributed by atoms with E-state index in [4.69, 9.17) is 9.47 Å². The molecule has 142 valence electrons. The van der Waals surface area contributed by atoms with Crippen molar-refractivity contribution in [2.24, 2.45) is 0 Å². The second kappa shape index (κ2) is 7.64. The first-order chi connectivity index (χ1) is 13.6. The van der Waals surface area contributed by atoms with E-state index in [0.717, 1.165) is 10.0 Å². The van der Waals surface area contributed by atoms with Crippen molar-refractivity contribution in [3.8, 4) is 11.5 Å². The fourth-order valence-electron chi connectivity index (χ4n) is 2.58. The summed E-state index contributed by atoms with van der Waals surface area (Å²) in [5, 5.41) is 17.5. The zero-order chi connectivity index (χ0) is 19.5. The number of hydrogen-bond acceptors (Lipinski definition) is 9. The number of nitrogens with one attached hydrogen (secondary N) is 2. The van der Waals surface area contributed by atoms with Crippen LogP contribution in [0.5, 0.6) is 11.5 Å². The third-order valence-electron chi connectivity index (χ3n) is 3.88. The Bertz CT molecular complexity index is 1030. The highest BCUT2D eigenvalue weighted by Gasteiger charge is 2.23. The normalized spacial score (nSPS) is 11.9. The van der Waals surface area contributed by atoms with Crippen molar-refractivity contribution in [1.29, 1.82) is 0 Å². The van der Waals surface area contributed by atoms with E-state index in [0.29, 0.717) is 23.9 Å². The Labute approximate surface area is 167 Å². The number of fused-ring (bicyclic) bond motifs is 1. The number of hydrogen-bond donors (Lipinski definition) is 2. The van der Waals surface area contributed by atoms with Gasteiger partial charge in [0, 0.05) is 17.2 Å². The highest BCUT2D eigenvalue weighted by Crippen LogP contribution is 2.34. The van der Waals surface area contributed by atoms with Crippen LogP contribution < -0.4 is 20.1 Å². The Morgan fingerprint density at radius 2 is 1.93 bits per heavy atom. The van der Waals surface area contributed by atoms with E-state index in [2.05, 4.69) is 41.5 Å². The number of anilines is 3. The van der Waals surface area contributed by atoms with E-state index in [1.807, 2.05) is 12.1 Å². The Morgan fingerprint density at radius 1 is 1.11 bits per heavy atom. The summed E-state index contributed by atoms with van der Waals surface area (Å²) in [4.78, 5) is 23.2. The van der Waals surface area contributed by atoms with E-state index in [1.54, 1.807) is 24.4 Å². The maximum absolute atomic E-state index is 11.6. The highest BCUT2D eigenvalue weighted by molar-refractivity contribution is 9.10. The van der Waals surface area contributed by atoms with Gasteiger partial charge in [-0.2, -0.15) is 0 Å². The Hall–Kier alpha value is -3.47. The van der Waals surface area contributed by atoms with Gasteiger partial charge in [0.05, 0.1) is 4.92 Å². The van der Waals surface area contributed by atoms with Crippen molar-refractivity contribution in [2.45, 2.75) is 6.54 Å². The van der Waals surface area contributed by atoms with E-state index < -0.39 is 4.92 Å². The number of aromatic nitrogens is 3. The van der Waals surface area contributed by atoms with Gasteiger partial charge in [-0.15, -0.1) is 0 Å². The van der Waals surface area contributed by atoms with E-state index in [-0.39, 0.29) is 24.1 Å². The van der Waals surface area contributed by atoms with Crippen molar-refractivity contribution in [3.63, 3.8) is 0 Å². The molecule has 28 heavy (non-hydrogen) atoms. The van der Waals surface area contributed by atoms with Gasteiger partial charge in [0.15, 0.2) is 11.5 Å². The second-order valence-electron chi connectivity index (χ2n) is 5.70. The Morgan fingerprint density at radius 3 is 2.71 bits per heavy atom. The molecule has 0 radical (unpaired) electrons. The van der Waals surface area contributed by atoms with Crippen LogP contribution in [-0.4, -0.2) is 26.7 Å². The van der Waals surface area contributed by atoms with Crippen LogP contribution in [0.2, 0.25) is 0 Å². The summed E-state index contributed by atoms with van der Waals surface area (Å²) in [6.45, 7) is 0.493. The fourth-order valence-corrected chi connectivity index (χ4v) is 2.81. The lowest BCUT2D eigenvalue weighted by molar-refractivity contribution is -0.383. The van der Waals surface area contributed by atoms with Crippen molar-refractivity contribution in [3.05, 3.63) is 63.0 Å². The summed E-state index contributed by atoms with van der Waals surface area (Å²) in [6.07, 6.45) is 2.82. The SMILES string of the molecule is O=[N+]([O-])c1c(NCc2ccc3c(c2)OCO3)ncnc1Nc1ccc(Br)cn1. The average Bonchev–Trinajstić information content (AvgIpc) is 3.16. The molecule has 0 amide bonds. The number of ether oxygens (including phenoxy) is 2. The van der Waals surface area contributed by atoms with Gasteiger partial charge in [-0.1, -0.05) is 6.07 Å². The molecule has 1 aromatic carbocycles. The number of halogens is 1. The first kappa shape index (κ1) is 17.9. The van der Waals surface area contributed by atoms with Gasteiger partial charge in [-0.3, -0.25) is 10.1 Å². The molecule has 1 aliphatic heterocycles. The Balaban J connectivity index is 1.56. The van der Waals surface area contributed by atoms with Crippen molar-refractivity contribution in [1.82, 2.24) is 15.0 Å².